The predicted octanol–water partition coefficient (Wildman–Crippen LogP) is 4.40. The van der Waals surface area contributed by atoms with E-state index in [1.54, 1.807) is 0 Å². The van der Waals surface area contributed by atoms with Crippen molar-refractivity contribution >= 4 is 11.6 Å². The Kier molecular flexibility index (Phi) is 4.44. The highest BCUT2D eigenvalue weighted by Crippen LogP contribution is 2.36. The maximum atomic E-state index is 12.5. The first-order valence-electron chi connectivity index (χ1n) is 5.34. The van der Waals surface area contributed by atoms with Crippen LogP contribution in [0.4, 0.5) is 13.2 Å². The molecule has 1 atom stereocenters. The molecule has 96 valence electrons. The van der Waals surface area contributed by atoms with Crippen LogP contribution in [0.15, 0.2) is 18.2 Å². The molecule has 0 spiro atoms. The molecule has 0 bridgehead atoms. The summed E-state index contributed by atoms with van der Waals surface area (Å²) >= 11 is 5.62. The molecule has 1 rings (SSSR count). The second-order valence-corrected chi connectivity index (χ2v) is 4.88. The molecule has 0 saturated carbocycles. The van der Waals surface area contributed by atoms with E-state index in [4.69, 9.17) is 17.3 Å². The van der Waals surface area contributed by atoms with Crippen LogP contribution in [-0.2, 0) is 6.18 Å². The van der Waals surface area contributed by atoms with E-state index in [2.05, 4.69) is 0 Å². The monoisotopic (exact) mass is 265 g/mol. The molecule has 0 aromatic heterocycles. The van der Waals surface area contributed by atoms with Crippen molar-refractivity contribution in [3.8, 4) is 0 Å². The van der Waals surface area contributed by atoms with Crippen molar-refractivity contribution in [2.75, 3.05) is 0 Å². The van der Waals surface area contributed by atoms with E-state index in [0.717, 1.165) is 6.07 Å². The summed E-state index contributed by atoms with van der Waals surface area (Å²) < 4.78 is 37.4. The summed E-state index contributed by atoms with van der Waals surface area (Å²) in [6.45, 7) is 4.01. The topological polar surface area (TPSA) is 26.0 Å². The molecule has 5 heteroatoms. The minimum Gasteiger partial charge on any atom is -0.324 e. The summed E-state index contributed by atoms with van der Waals surface area (Å²) in [5.41, 5.74) is 5.70. The van der Waals surface area contributed by atoms with Crippen LogP contribution in [0.3, 0.4) is 0 Å². The van der Waals surface area contributed by atoms with E-state index in [1.165, 1.54) is 12.1 Å². The molecule has 0 radical (unpaired) electrons. The van der Waals surface area contributed by atoms with Gasteiger partial charge in [0.1, 0.15) is 0 Å². The minimum atomic E-state index is -4.42. The largest absolute Gasteiger partial charge is 0.417 e. The van der Waals surface area contributed by atoms with E-state index in [0.29, 0.717) is 17.9 Å². The Hall–Kier alpha value is -0.740. The molecule has 0 aliphatic carbocycles. The van der Waals surface area contributed by atoms with Gasteiger partial charge in [-0.05, 0) is 30.0 Å². The second-order valence-electron chi connectivity index (χ2n) is 4.47. The average Bonchev–Trinajstić information content (AvgIpc) is 2.14. The fourth-order valence-corrected chi connectivity index (χ4v) is 1.93. The van der Waals surface area contributed by atoms with E-state index in [-0.39, 0.29) is 11.1 Å². The average molecular weight is 266 g/mol. The number of benzene rings is 1. The molecule has 2 N–H and O–H groups in total. The third kappa shape index (κ3) is 3.89. The fraction of sp³-hybridized carbons (Fsp3) is 0.500. The van der Waals surface area contributed by atoms with Gasteiger partial charge in [-0.1, -0.05) is 31.5 Å². The number of rotatable bonds is 3. The van der Waals surface area contributed by atoms with Crippen molar-refractivity contribution in [2.45, 2.75) is 32.5 Å². The van der Waals surface area contributed by atoms with Gasteiger partial charge in [0.05, 0.1) is 10.6 Å². The fourth-order valence-electron chi connectivity index (χ4n) is 1.64. The third-order valence-electron chi connectivity index (χ3n) is 2.45. The molecule has 1 nitrogen and oxygen atoms in total. The summed E-state index contributed by atoms with van der Waals surface area (Å²) in [7, 11) is 0. The molecule has 0 unspecified atom stereocenters. The molecule has 1 aromatic carbocycles. The van der Waals surface area contributed by atoms with Crippen LogP contribution in [0.25, 0.3) is 0 Å². The SMILES string of the molecule is CC(C)C[C@H](N)c1ccc(C(F)(F)F)c(Cl)c1. The lowest BCUT2D eigenvalue weighted by Gasteiger charge is -2.16. The van der Waals surface area contributed by atoms with Gasteiger partial charge >= 0.3 is 6.18 Å². The molecule has 0 saturated heterocycles. The molecule has 1 aromatic rings. The van der Waals surface area contributed by atoms with Crippen molar-refractivity contribution < 1.29 is 13.2 Å². The lowest BCUT2D eigenvalue weighted by molar-refractivity contribution is -0.137. The molecular formula is C12H15ClF3N. The highest BCUT2D eigenvalue weighted by molar-refractivity contribution is 6.31. The lowest BCUT2D eigenvalue weighted by atomic mass is 9.97. The maximum Gasteiger partial charge on any atom is 0.417 e. The van der Waals surface area contributed by atoms with Crippen molar-refractivity contribution in [3.05, 3.63) is 34.3 Å². The van der Waals surface area contributed by atoms with Crippen LogP contribution in [0.2, 0.25) is 5.02 Å². The van der Waals surface area contributed by atoms with Gasteiger partial charge in [0, 0.05) is 6.04 Å². The van der Waals surface area contributed by atoms with Crippen molar-refractivity contribution in [1.29, 1.82) is 0 Å². The van der Waals surface area contributed by atoms with Gasteiger partial charge in [-0.25, -0.2) is 0 Å². The Bertz CT molecular complexity index is 388. The van der Waals surface area contributed by atoms with Gasteiger partial charge in [0.15, 0.2) is 0 Å². The van der Waals surface area contributed by atoms with Crippen molar-refractivity contribution in [1.82, 2.24) is 0 Å². The second kappa shape index (κ2) is 5.27. The normalized spacial score (nSPS) is 14.1. The van der Waals surface area contributed by atoms with Crippen LogP contribution >= 0.6 is 11.6 Å². The quantitative estimate of drug-likeness (QED) is 0.861. The van der Waals surface area contributed by atoms with Crippen molar-refractivity contribution in [3.63, 3.8) is 0 Å². The van der Waals surface area contributed by atoms with Gasteiger partial charge < -0.3 is 5.73 Å². The smallest absolute Gasteiger partial charge is 0.324 e. The first kappa shape index (κ1) is 14.3. The minimum absolute atomic E-state index is 0.283. The number of hydrogen-bond acceptors (Lipinski definition) is 1. The molecule has 0 heterocycles. The maximum absolute atomic E-state index is 12.5. The predicted molar refractivity (Wildman–Crippen MR) is 62.8 cm³/mol. The Morgan fingerprint density at radius 2 is 1.88 bits per heavy atom. The van der Waals surface area contributed by atoms with Gasteiger partial charge in [-0.3, -0.25) is 0 Å². The third-order valence-corrected chi connectivity index (χ3v) is 2.76. The highest BCUT2D eigenvalue weighted by atomic mass is 35.5. The first-order chi connectivity index (χ1) is 7.71. The number of nitrogens with two attached hydrogens (primary N) is 1. The van der Waals surface area contributed by atoms with Gasteiger partial charge in [0.25, 0.3) is 0 Å². The lowest BCUT2D eigenvalue weighted by Crippen LogP contribution is -2.14. The number of halogens is 4. The van der Waals surface area contributed by atoms with E-state index < -0.39 is 11.7 Å². The van der Waals surface area contributed by atoms with E-state index in [9.17, 15) is 13.2 Å². The van der Waals surface area contributed by atoms with Crippen LogP contribution < -0.4 is 5.73 Å². The van der Waals surface area contributed by atoms with Crippen LogP contribution in [-0.4, -0.2) is 0 Å². The summed E-state index contributed by atoms with van der Waals surface area (Å²) in [5.74, 6) is 0.381. The van der Waals surface area contributed by atoms with Gasteiger partial charge in [0.2, 0.25) is 0 Å². The molecule has 0 fully saturated rings. The zero-order valence-electron chi connectivity index (χ0n) is 9.68. The summed E-state index contributed by atoms with van der Waals surface area (Å²) in [5, 5.41) is -0.297. The standard InChI is InChI=1S/C12H15ClF3N/c1-7(2)5-11(17)8-3-4-9(10(13)6-8)12(14,15)16/h3-4,6-7,11H,5,17H2,1-2H3/t11-/m0/s1. The Morgan fingerprint density at radius 3 is 2.29 bits per heavy atom. The summed E-state index contributed by atoms with van der Waals surface area (Å²) in [4.78, 5) is 0. The van der Waals surface area contributed by atoms with Crippen LogP contribution in [0.1, 0.15) is 37.4 Å². The van der Waals surface area contributed by atoms with E-state index in [1.807, 2.05) is 13.8 Å². The zero-order valence-corrected chi connectivity index (χ0v) is 10.4. The Morgan fingerprint density at radius 1 is 1.29 bits per heavy atom. The van der Waals surface area contributed by atoms with Gasteiger partial charge in [-0.2, -0.15) is 13.2 Å². The Labute approximate surface area is 104 Å². The van der Waals surface area contributed by atoms with E-state index >= 15 is 0 Å². The highest BCUT2D eigenvalue weighted by Gasteiger charge is 2.33. The first-order valence-corrected chi connectivity index (χ1v) is 5.72. The summed E-state index contributed by atoms with van der Waals surface area (Å²) in [6, 6.07) is 3.40. The summed E-state index contributed by atoms with van der Waals surface area (Å²) in [6.07, 6.45) is -3.71. The molecule has 0 aliphatic heterocycles. The van der Waals surface area contributed by atoms with Gasteiger partial charge in [-0.15, -0.1) is 0 Å². The molecular weight excluding hydrogens is 251 g/mol. The Balaban J connectivity index is 2.97. The van der Waals surface area contributed by atoms with Crippen LogP contribution in [0.5, 0.6) is 0 Å². The number of hydrogen-bond donors (Lipinski definition) is 1. The molecule has 0 amide bonds. The van der Waals surface area contributed by atoms with Crippen LogP contribution in [0, 0.1) is 5.92 Å². The molecule has 0 aliphatic rings. The van der Waals surface area contributed by atoms with Crippen molar-refractivity contribution in [2.24, 2.45) is 11.7 Å². The molecule has 17 heavy (non-hydrogen) atoms. The zero-order chi connectivity index (χ0) is 13.2. The number of alkyl halides is 3.